The fraction of sp³-hybridized carbons (Fsp3) is 0.524. The average Bonchev–Trinajstić information content (AvgIpc) is 3.07. The largest absolute Gasteiger partial charge is 0.357 e. The van der Waals surface area contributed by atoms with Gasteiger partial charge in [0.1, 0.15) is 5.82 Å². The quantitative estimate of drug-likeness (QED) is 0.836. The van der Waals surface area contributed by atoms with Crippen LogP contribution >= 0.6 is 0 Å². The summed E-state index contributed by atoms with van der Waals surface area (Å²) in [5, 5.41) is 0.787. The van der Waals surface area contributed by atoms with Crippen LogP contribution in [0.5, 0.6) is 0 Å². The second-order valence-electron chi connectivity index (χ2n) is 7.57. The maximum atomic E-state index is 13.3. The van der Waals surface area contributed by atoms with Crippen LogP contribution in [0, 0.1) is 5.82 Å². The number of fused-ring (bicyclic) bond motifs is 1. The molecule has 1 heterocycles. The van der Waals surface area contributed by atoms with Crippen LogP contribution in [-0.4, -0.2) is 46.7 Å². The summed E-state index contributed by atoms with van der Waals surface area (Å²) in [5.74, 6) is -0.298. The number of halogens is 1. The van der Waals surface area contributed by atoms with Gasteiger partial charge in [0.25, 0.3) is 0 Å². The third-order valence-corrected chi connectivity index (χ3v) is 5.54. The molecule has 1 N–H and O–H groups in total. The topological polar surface area (TPSA) is 56.4 Å². The Balaban J connectivity index is 1.50. The Morgan fingerprint density at radius 3 is 2.52 bits per heavy atom. The molecule has 146 valence electrons. The van der Waals surface area contributed by atoms with E-state index in [-0.39, 0.29) is 30.5 Å². The van der Waals surface area contributed by atoms with Gasteiger partial charge < -0.3 is 14.8 Å². The molecule has 1 aliphatic carbocycles. The number of carbonyl (C=O) groups is 2. The number of H-pyrrole nitrogens is 1. The first-order valence-corrected chi connectivity index (χ1v) is 9.71. The molecule has 1 aromatic carbocycles. The molecule has 0 spiro atoms. The number of rotatable bonds is 6. The number of aromatic amines is 1. The lowest BCUT2D eigenvalue weighted by Gasteiger charge is -2.31. The van der Waals surface area contributed by atoms with E-state index >= 15 is 0 Å². The summed E-state index contributed by atoms with van der Waals surface area (Å²) in [6, 6.07) is 6.74. The molecule has 0 aliphatic heterocycles. The molecule has 0 unspecified atom stereocenters. The predicted molar refractivity (Wildman–Crippen MR) is 104 cm³/mol. The van der Waals surface area contributed by atoms with E-state index in [2.05, 4.69) is 4.98 Å². The molecule has 27 heavy (non-hydrogen) atoms. The molecule has 1 fully saturated rings. The first-order chi connectivity index (χ1) is 12.9. The highest BCUT2D eigenvalue weighted by molar-refractivity contribution is 5.84. The Morgan fingerprint density at radius 2 is 1.78 bits per heavy atom. The molecule has 0 bridgehead atoms. The fourth-order valence-electron chi connectivity index (χ4n) is 3.85. The molecular weight excluding hydrogens is 345 g/mol. The zero-order chi connectivity index (χ0) is 19.4. The third-order valence-electron chi connectivity index (χ3n) is 5.54. The number of amides is 2. The average molecular weight is 373 g/mol. The van der Waals surface area contributed by atoms with Crippen LogP contribution in [0.2, 0.25) is 0 Å². The van der Waals surface area contributed by atoms with E-state index in [1.54, 1.807) is 18.0 Å². The van der Waals surface area contributed by atoms with E-state index in [1.165, 1.54) is 31.4 Å². The van der Waals surface area contributed by atoms with E-state index in [1.807, 2.05) is 18.0 Å². The summed E-state index contributed by atoms with van der Waals surface area (Å²) in [6.45, 7) is 0.405. The molecule has 0 atom stereocenters. The summed E-state index contributed by atoms with van der Waals surface area (Å²) >= 11 is 0. The Bertz CT molecular complexity index is 811. The number of benzene rings is 1. The standard InChI is InChI=1S/C21H28FN3O2/c1-24(14-17-13-15-12-16(22)8-9-19(15)23-17)20(26)10-11-21(27)25(2)18-6-4-3-5-7-18/h8-9,12-13,18,23H,3-7,10-11,14H2,1-2H3. The number of hydrogen-bond donors (Lipinski definition) is 1. The molecule has 2 amide bonds. The summed E-state index contributed by atoms with van der Waals surface area (Å²) in [5.41, 5.74) is 1.69. The van der Waals surface area contributed by atoms with Crippen molar-refractivity contribution in [1.82, 2.24) is 14.8 Å². The van der Waals surface area contributed by atoms with Crippen LogP contribution in [0.25, 0.3) is 10.9 Å². The molecule has 1 saturated carbocycles. The van der Waals surface area contributed by atoms with Gasteiger partial charge in [-0.1, -0.05) is 19.3 Å². The minimum Gasteiger partial charge on any atom is -0.357 e. The monoisotopic (exact) mass is 373 g/mol. The SMILES string of the molecule is CN(Cc1cc2cc(F)ccc2[nH]1)C(=O)CCC(=O)N(C)C1CCCCC1. The van der Waals surface area contributed by atoms with Gasteiger partial charge in [-0.2, -0.15) is 0 Å². The van der Waals surface area contributed by atoms with E-state index in [4.69, 9.17) is 0 Å². The summed E-state index contributed by atoms with van der Waals surface area (Å²) in [7, 11) is 3.58. The Morgan fingerprint density at radius 1 is 1.07 bits per heavy atom. The van der Waals surface area contributed by atoms with Crippen molar-refractivity contribution in [2.24, 2.45) is 0 Å². The third kappa shape index (κ3) is 4.87. The van der Waals surface area contributed by atoms with Crippen molar-refractivity contribution in [3.8, 4) is 0 Å². The van der Waals surface area contributed by atoms with Crippen molar-refractivity contribution >= 4 is 22.7 Å². The maximum Gasteiger partial charge on any atom is 0.223 e. The normalized spacial score (nSPS) is 15.1. The van der Waals surface area contributed by atoms with Crippen LogP contribution in [0.3, 0.4) is 0 Å². The first kappa shape index (κ1) is 19.4. The number of nitrogens with zero attached hydrogens (tertiary/aromatic N) is 2. The van der Waals surface area contributed by atoms with Crippen molar-refractivity contribution in [3.05, 3.63) is 35.8 Å². The van der Waals surface area contributed by atoms with Gasteiger partial charge in [0.05, 0.1) is 6.54 Å². The number of aromatic nitrogens is 1. The summed E-state index contributed by atoms with van der Waals surface area (Å²) in [6.07, 6.45) is 6.20. The van der Waals surface area contributed by atoms with Crippen LogP contribution < -0.4 is 0 Å². The highest BCUT2D eigenvalue weighted by Gasteiger charge is 2.22. The van der Waals surface area contributed by atoms with Crippen LogP contribution in [0.4, 0.5) is 4.39 Å². The molecule has 3 rings (SSSR count). The molecular formula is C21H28FN3O2. The Labute approximate surface area is 159 Å². The predicted octanol–water partition coefficient (Wildman–Crippen LogP) is 3.84. The van der Waals surface area contributed by atoms with Crippen LogP contribution in [0.15, 0.2) is 24.3 Å². The van der Waals surface area contributed by atoms with Crippen molar-refractivity contribution < 1.29 is 14.0 Å². The summed E-state index contributed by atoms with van der Waals surface area (Å²) in [4.78, 5) is 31.4. The smallest absolute Gasteiger partial charge is 0.223 e. The molecule has 1 aliphatic rings. The Hall–Kier alpha value is -2.37. The molecule has 5 nitrogen and oxygen atoms in total. The maximum absolute atomic E-state index is 13.3. The Kier molecular flexibility index (Phi) is 6.14. The second kappa shape index (κ2) is 8.55. The highest BCUT2D eigenvalue weighted by Crippen LogP contribution is 2.22. The second-order valence-corrected chi connectivity index (χ2v) is 7.57. The molecule has 1 aromatic heterocycles. The van der Waals surface area contributed by atoms with E-state index in [0.717, 1.165) is 29.4 Å². The van der Waals surface area contributed by atoms with Gasteiger partial charge in [-0.25, -0.2) is 4.39 Å². The van der Waals surface area contributed by atoms with Gasteiger partial charge in [-0.05, 0) is 37.1 Å². The zero-order valence-electron chi connectivity index (χ0n) is 16.1. The van der Waals surface area contributed by atoms with E-state index in [9.17, 15) is 14.0 Å². The minimum atomic E-state index is -0.280. The van der Waals surface area contributed by atoms with Gasteiger partial charge >= 0.3 is 0 Å². The fourth-order valence-corrected chi connectivity index (χ4v) is 3.85. The van der Waals surface area contributed by atoms with Gasteiger partial charge in [-0.3, -0.25) is 9.59 Å². The highest BCUT2D eigenvalue weighted by atomic mass is 19.1. The first-order valence-electron chi connectivity index (χ1n) is 9.71. The minimum absolute atomic E-state index is 0.0461. The number of hydrogen-bond acceptors (Lipinski definition) is 2. The van der Waals surface area contributed by atoms with E-state index < -0.39 is 0 Å². The number of nitrogens with one attached hydrogen (secondary N) is 1. The summed E-state index contributed by atoms with van der Waals surface area (Å²) < 4.78 is 13.3. The van der Waals surface area contributed by atoms with Gasteiger partial charge in [0, 0.05) is 49.6 Å². The van der Waals surface area contributed by atoms with Gasteiger partial charge in [-0.15, -0.1) is 0 Å². The molecule has 0 radical (unpaired) electrons. The van der Waals surface area contributed by atoms with Crippen molar-refractivity contribution in [2.75, 3.05) is 14.1 Å². The lowest BCUT2D eigenvalue weighted by atomic mass is 9.94. The van der Waals surface area contributed by atoms with Crippen LogP contribution in [-0.2, 0) is 16.1 Å². The molecule has 2 aromatic rings. The molecule has 6 heteroatoms. The zero-order valence-corrected chi connectivity index (χ0v) is 16.1. The number of carbonyl (C=O) groups excluding carboxylic acids is 2. The van der Waals surface area contributed by atoms with Crippen LogP contribution in [0.1, 0.15) is 50.6 Å². The van der Waals surface area contributed by atoms with Crippen molar-refractivity contribution in [2.45, 2.75) is 57.5 Å². The lowest BCUT2D eigenvalue weighted by Crippen LogP contribution is -2.38. The lowest BCUT2D eigenvalue weighted by molar-refractivity contribution is -0.137. The van der Waals surface area contributed by atoms with Gasteiger partial charge in [0.15, 0.2) is 0 Å². The van der Waals surface area contributed by atoms with Gasteiger partial charge in [0.2, 0.25) is 11.8 Å². The molecule has 0 saturated heterocycles. The van der Waals surface area contributed by atoms with Crippen molar-refractivity contribution in [3.63, 3.8) is 0 Å². The van der Waals surface area contributed by atoms with Crippen molar-refractivity contribution in [1.29, 1.82) is 0 Å². The van der Waals surface area contributed by atoms with E-state index in [0.29, 0.717) is 12.6 Å².